The van der Waals surface area contributed by atoms with Crippen molar-refractivity contribution in [1.29, 1.82) is 0 Å². The average Bonchev–Trinajstić information content (AvgIpc) is 3.20. The van der Waals surface area contributed by atoms with Gasteiger partial charge in [0.2, 0.25) is 5.91 Å². The highest BCUT2D eigenvalue weighted by Crippen LogP contribution is 2.30. The van der Waals surface area contributed by atoms with Crippen molar-refractivity contribution >= 4 is 44.7 Å². The van der Waals surface area contributed by atoms with Gasteiger partial charge in [0.05, 0.1) is 23.8 Å². The zero-order valence-corrected chi connectivity index (χ0v) is 18.7. The van der Waals surface area contributed by atoms with Gasteiger partial charge in [-0.2, -0.15) is 17.4 Å². The first-order valence-electron chi connectivity index (χ1n) is 9.23. The molecular weight excluding hydrogens is 455 g/mol. The molecule has 0 aliphatic carbocycles. The lowest BCUT2D eigenvalue weighted by Crippen LogP contribution is -2.58. The zero-order valence-electron chi connectivity index (χ0n) is 16.3. The van der Waals surface area contributed by atoms with Crippen molar-refractivity contribution in [3.8, 4) is 0 Å². The molecule has 30 heavy (non-hydrogen) atoms. The lowest BCUT2D eigenvalue weighted by atomic mass is 10.1. The Morgan fingerprint density at radius 2 is 2.27 bits per heavy atom. The summed E-state index contributed by atoms with van der Waals surface area (Å²) in [5.41, 5.74) is 0.270. The monoisotopic (exact) mass is 476 g/mol. The minimum Gasteiger partial charge on any atom is -0.377 e. The quantitative estimate of drug-likeness (QED) is 0.640. The number of hydrogen-bond donors (Lipinski definition) is 2. The van der Waals surface area contributed by atoms with E-state index in [4.69, 9.17) is 16.3 Å². The van der Waals surface area contributed by atoms with Gasteiger partial charge in [-0.1, -0.05) is 11.6 Å². The fourth-order valence-corrected chi connectivity index (χ4v) is 5.55. The molecular formula is C18H22ClFN4O4S2. The predicted octanol–water partition coefficient (Wildman–Crippen LogP) is 2.95. The fraction of sp³-hybridized carbons (Fsp3) is 0.444. The van der Waals surface area contributed by atoms with Crippen LogP contribution in [0.3, 0.4) is 0 Å². The maximum absolute atomic E-state index is 13.4. The van der Waals surface area contributed by atoms with Gasteiger partial charge in [0.15, 0.2) is 0 Å². The molecule has 2 N–H and O–H groups in total. The molecule has 1 aliphatic rings. The lowest BCUT2D eigenvalue weighted by Gasteiger charge is -2.37. The number of halogens is 2. The lowest BCUT2D eigenvalue weighted by molar-refractivity contribution is -0.120. The Labute approximate surface area is 183 Å². The Morgan fingerprint density at radius 3 is 2.90 bits per heavy atom. The van der Waals surface area contributed by atoms with Crippen LogP contribution in [-0.2, 0) is 19.7 Å². The highest BCUT2D eigenvalue weighted by molar-refractivity contribution is 7.87. The van der Waals surface area contributed by atoms with Gasteiger partial charge in [0.25, 0.3) is 10.2 Å². The molecule has 8 nitrogen and oxygen atoms in total. The predicted molar refractivity (Wildman–Crippen MR) is 113 cm³/mol. The van der Waals surface area contributed by atoms with E-state index < -0.39 is 34.0 Å². The largest absolute Gasteiger partial charge is 0.377 e. The number of ether oxygens (including phenoxy) is 1. The van der Waals surface area contributed by atoms with Crippen LogP contribution < -0.4 is 10.0 Å². The van der Waals surface area contributed by atoms with Gasteiger partial charge in [-0.25, -0.2) is 9.37 Å². The fourth-order valence-electron chi connectivity index (χ4n) is 3.05. The summed E-state index contributed by atoms with van der Waals surface area (Å²) in [5, 5.41) is 4.79. The standard InChI is InChI=1S/C18H22ClFN4O4S2/c1-11(2)28-7-6-24-16(17(25)22-12-3-4-14(20)13(19)9-12)10-15(23-30(24,26)27)18-21-5-8-29-18/h3-5,8-9,11,15-16,23H,6-7,10H2,1-2H3,(H,22,25). The van der Waals surface area contributed by atoms with E-state index in [2.05, 4.69) is 15.0 Å². The highest BCUT2D eigenvalue weighted by atomic mass is 35.5. The van der Waals surface area contributed by atoms with E-state index in [1.54, 1.807) is 11.6 Å². The normalized spacial score (nSPS) is 21.6. The van der Waals surface area contributed by atoms with Gasteiger partial charge >= 0.3 is 0 Å². The summed E-state index contributed by atoms with van der Waals surface area (Å²) in [5.74, 6) is -1.16. The van der Waals surface area contributed by atoms with Crippen LogP contribution in [-0.4, -0.2) is 48.9 Å². The number of aromatic nitrogens is 1. The van der Waals surface area contributed by atoms with Crippen molar-refractivity contribution in [3.05, 3.63) is 45.6 Å². The number of carbonyl (C=O) groups excluding carboxylic acids is 1. The summed E-state index contributed by atoms with van der Waals surface area (Å²) in [4.78, 5) is 17.2. The third-order valence-corrected chi connectivity index (χ3v) is 7.22. The molecule has 12 heteroatoms. The number of thiazole rings is 1. The Balaban J connectivity index is 1.85. The maximum Gasteiger partial charge on any atom is 0.280 e. The Bertz CT molecular complexity index is 988. The molecule has 1 saturated heterocycles. The van der Waals surface area contributed by atoms with E-state index in [-0.39, 0.29) is 36.4 Å². The van der Waals surface area contributed by atoms with Crippen molar-refractivity contribution in [2.75, 3.05) is 18.5 Å². The van der Waals surface area contributed by atoms with Crippen molar-refractivity contribution in [2.24, 2.45) is 0 Å². The first-order valence-corrected chi connectivity index (χ1v) is 11.9. The third kappa shape index (κ3) is 5.54. The van der Waals surface area contributed by atoms with Crippen LogP contribution in [0.4, 0.5) is 10.1 Å². The number of hydrogen-bond acceptors (Lipinski definition) is 6. The first-order chi connectivity index (χ1) is 14.2. The van der Waals surface area contributed by atoms with E-state index in [9.17, 15) is 17.6 Å². The number of nitrogens with zero attached hydrogens (tertiary/aromatic N) is 2. The van der Waals surface area contributed by atoms with Gasteiger partial charge < -0.3 is 10.1 Å². The minimum atomic E-state index is -3.97. The van der Waals surface area contributed by atoms with Crippen molar-refractivity contribution < 1.29 is 22.3 Å². The van der Waals surface area contributed by atoms with Crippen molar-refractivity contribution in [3.63, 3.8) is 0 Å². The van der Waals surface area contributed by atoms with Gasteiger partial charge in [-0.05, 0) is 38.5 Å². The molecule has 0 bridgehead atoms. The molecule has 0 spiro atoms. The van der Waals surface area contributed by atoms with Crippen LogP contribution in [0, 0.1) is 5.82 Å². The molecule has 1 amide bonds. The van der Waals surface area contributed by atoms with Gasteiger partial charge in [-0.15, -0.1) is 11.3 Å². The van der Waals surface area contributed by atoms with E-state index in [1.807, 2.05) is 13.8 Å². The average molecular weight is 477 g/mol. The molecule has 1 fully saturated rings. The summed E-state index contributed by atoms with van der Waals surface area (Å²) in [6, 6.07) is 2.12. The van der Waals surface area contributed by atoms with E-state index in [0.29, 0.717) is 5.01 Å². The van der Waals surface area contributed by atoms with Gasteiger partial charge in [-0.3, -0.25) is 4.79 Å². The van der Waals surface area contributed by atoms with Crippen LogP contribution in [0.2, 0.25) is 5.02 Å². The van der Waals surface area contributed by atoms with E-state index >= 15 is 0 Å². The number of carbonyl (C=O) groups is 1. The number of nitrogens with one attached hydrogen (secondary N) is 2. The summed E-state index contributed by atoms with van der Waals surface area (Å²) in [6.45, 7) is 3.81. The van der Waals surface area contributed by atoms with Crippen LogP contribution in [0.5, 0.6) is 0 Å². The van der Waals surface area contributed by atoms with Crippen LogP contribution in [0.15, 0.2) is 29.8 Å². The molecule has 1 aromatic heterocycles. The Hall–Kier alpha value is -1.63. The molecule has 164 valence electrons. The van der Waals surface area contributed by atoms with E-state index in [0.717, 1.165) is 10.4 Å². The molecule has 0 saturated carbocycles. The Morgan fingerprint density at radius 1 is 1.50 bits per heavy atom. The molecule has 0 radical (unpaired) electrons. The van der Waals surface area contributed by atoms with Crippen LogP contribution >= 0.6 is 22.9 Å². The molecule has 1 aromatic carbocycles. The van der Waals surface area contributed by atoms with Crippen LogP contribution in [0.25, 0.3) is 0 Å². The van der Waals surface area contributed by atoms with Gasteiger partial charge in [0, 0.05) is 23.8 Å². The van der Waals surface area contributed by atoms with Crippen LogP contribution in [0.1, 0.15) is 31.3 Å². The minimum absolute atomic E-state index is 0.000360. The summed E-state index contributed by atoms with van der Waals surface area (Å²) in [7, 11) is -3.97. The Kier molecular flexibility index (Phi) is 7.43. The van der Waals surface area contributed by atoms with Crippen molar-refractivity contribution in [1.82, 2.24) is 14.0 Å². The first kappa shape index (κ1) is 23.0. The molecule has 3 rings (SSSR count). The third-order valence-electron chi connectivity index (χ3n) is 4.41. The molecule has 1 aliphatic heterocycles. The molecule has 2 heterocycles. The number of rotatable bonds is 7. The second-order valence-corrected chi connectivity index (χ2v) is 9.93. The summed E-state index contributed by atoms with van der Waals surface area (Å²) >= 11 is 7.08. The van der Waals surface area contributed by atoms with Crippen molar-refractivity contribution in [2.45, 2.75) is 38.5 Å². The number of amides is 1. The zero-order chi connectivity index (χ0) is 21.9. The number of anilines is 1. The summed E-state index contributed by atoms with van der Waals surface area (Å²) < 4.78 is 48.4. The maximum atomic E-state index is 13.4. The molecule has 2 atom stereocenters. The second-order valence-electron chi connectivity index (χ2n) is 6.95. The summed E-state index contributed by atoms with van der Waals surface area (Å²) in [6.07, 6.45) is 1.67. The van der Waals surface area contributed by atoms with E-state index in [1.165, 1.54) is 23.5 Å². The molecule has 2 aromatic rings. The highest BCUT2D eigenvalue weighted by Gasteiger charge is 2.43. The second kappa shape index (κ2) is 9.67. The van der Waals surface area contributed by atoms with Gasteiger partial charge in [0.1, 0.15) is 16.9 Å². The molecule has 2 unspecified atom stereocenters. The smallest absolute Gasteiger partial charge is 0.280 e. The topological polar surface area (TPSA) is 101 Å². The number of benzene rings is 1. The SMILES string of the molecule is CC(C)OCCN1C(C(=O)Nc2ccc(F)c(Cl)c2)CC(c2nccs2)NS1(=O)=O.